The van der Waals surface area contributed by atoms with Crippen molar-refractivity contribution in [2.24, 2.45) is 0 Å². The van der Waals surface area contributed by atoms with Gasteiger partial charge in [-0.25, -0.2) is 0 Å². The van der Waals surface area contributed by atoms with Crippen LogP contribution in [0.4, 0.5) is 0 Å². The lowest BCUT2D eigenvalue weighted by Gasteiger charge is -2.37. The zero-order valence-corrected chi connectivity index (χ0v) is 13.1. The van der Waals surface area contributed by atoms with Gasteiger partial charge in [0.25, 0.3) is 0 Å². The number of hydrogen-bond acceptors (Lipinski definition) is 4. The molecule has 0 aromatic rings. The Morgan fingerprint density at radius 2 is 2.05 bits per heavy atom. The van der Waals surface area contributed by atoms with Gasteiger partial charge in [-0.15, -0.1) is 0 Å². The molecule has 0 heterocycles. The smallest absolute Gasteiger partial charge is 0.217 e. The maximum absolute atomic E-state index is 11.2. The zero-order chi connectivity index (χ0) is 14.6. The first-order valence-corrected chi connectivity index (χ1v) is 7.35. The lowest BCUT2D eigenvalue weighted by Crippen LogP contribution is -2.57. The predicted octanol–water partition coefficient (Wildman–Crippen LogP) is 1.08. The summed E-state index contributed by atoms with van der Waals surface area (Å²) in [5.41, 5.74) is 0. The van der Waals surface area contributed by atoms with Gasteiger partial charge in [-0.05, 0) is 18.9 Å². The van der Waals surface area contributed by atoms with E-state index in [1.54, 1.807) is 6.08 Å². The summed E-state index contributed by atoms with van der Waals surface area (Å²) < 4.78 is 6.38. The van der Waals surface area contributed by atoms with Crippen molar-refractivity contribution in [3.8, 4) is 0 Å². The predicted molar refractivity (Wildman–Crippen MR) is 75.9 cm³/mol. The Morgan fingerprint density at radius 1 is 1.47 bits per heavy atom. The van der Waals surface area contributed by atoms with E-state index in [9.17, 15) is 15.0 Å². The first kappa shape index (κ1) is 16.6. The van der Waals surface area contributed by atoms with Gasteiger partial charge in [0.2, 0.25) is 5.91 Å². The normalized spacial score (nSPS) is 31.2. The Bertz CT molecular complexity index is 344. The maximum Gasteiger partial charge on any atom is 0.217 e. The molecular formula is C13H22BrNO4. The molecule has 0 aromatic heterocycles. The molecule has 4 atom stereocenters. The minimum absolute atomic E-state index is 0.0558. The van der Waals surface area contributed by atoms with Crippen molar-refractivity contribution < 1.29 is 19.7 Å². The fourth-order valence-corrected chi connectivity index (χ4v) is 2.67. The number of rotatable bonds is 5. The zero-order valence-electron chi connectivity index (χ0n) is 11.5. The maximum atomic E-state index is 11.2. The van der Waals surface area contributed by atoms with Crippen LogP contribution in [-0.4, -0.2) is 46.6 Å². The molecule has 0 bridgehead atoms. The Balaban J connectivity index is 2.90. The highest BCUT2D eigenvalue weighted by Gasteiger charge is 2.39. The van der Waals surface area contributed by atoms with Gasteiger partial charge >= 0.3 is 0 Å². The molecule has 5 nitrogen and oxygen atoms in total. The van der Waals surface area contributed by atoms with E-state index in [0.717, 1.165) is 12.8 Å². The molecule has 0 saturated carbocycles. The summed E-state index contributed by atoms with van der Waals surface area (Å²) in [7, 11) is 0. The van der Waals surface area contributed by atoms with Crippen LogP contribution in [0.5, 0.6) is 0 Å². The van der Waals surface area contributed by atoms with Gasteiger partial charge in [-0.3, -0.25) is 4.79 Å². The van der Waals surface area contributed by atoms with Crippen LogP contribution in [0.2, 0.25) is 0 Å². The molecule has 0 aromatic carbocycles. The van der Waals surface area contributed by atoms with Crippen LogP contribution in [-0.2, 0) is 9.53 Å². The molecule has 1 aliphatic carbocycles. The Morgan fingerprint density at radius 3 is 2.53 bits per heavy atom. The molecule has 4 unspecified atom stereocenters. The monoisotopic (exact) mass is 335 g/mol. The molecule has 0 spiro atoms. The van der Waals surface area contributed by atoms with Crippen LogP contribution in [0.15, 0.2) is 10.6 Å². The number of aliphatic hydroxyl groups is 2. The summed E-state index contributed by atoms with van der Waals surface area (Å²) in [6.45, 7) is 5.42. The van der Waals surface area contributed by atoms with Gasteiger partial charge in [0.05, 0.1) is 18.2 Å². The molecule has 1 rings (SSSR count). The average Bonchev–Trinajstić information content (AvgIpc) is 2.37. The van der Waals surface area contributed by atoms with Gasteiger partial charge in [-0.1, -0.05) is 29.8 Å². The fourth-order valence-electron chi connectivity index (χ4n) is 2.14. The second-order valence-electron chi connectivity index (χ2n) is 4.75. The van der Waals surface area contributed by atoms with Crippen molar-refractivity contribution >= 4 is 21.8 Å². The number of aliphatic hydroxyl groups excluding tert-OH is 2. The highest BCUT2D eigenvalue weighted by atomic mass is 79.9. The lowest BCUT2D eigenvalue weighted by molar-refractivity contribution is -0.125. The van der Waals surface area contributed by atoms with E-state index in [0.29, 0.717) is 4.48 Å². The van der Waals surface area contributed by atoms with Crippen molar-refractivity contribution in [2.75, 3.05) is 0 Å². The van der Waals surface area contributed by atoms with Crippen LogP contribution in [0.1, 0.15) is 33.6 Å². The molecule has 0 aliphatic heterocycles. The van der Waals surface area contributed by atoms with Gasteiger partial charge < -0.3 is 20.3 Å². The first-order chi connectivity index (χ1) is 8.90. The molecule has 0 radical (unpaired) electrons. The van der Waals surface area contributed by atoms with Crippen molar-refractivity contribution in [2.45, 2.75) is 64.1 Å². The molecule has 0 fully saturated rings. The number of carbonyl (C=O) groups excluding carboxylic acids is 1. The van der Waals surface area contributed by atoms with E-state index in [2.05, 4.69) is 21.2 Å². The largest absolute Gasteiger partial charge is 0.388 e. The van der Waals surface area contributed by atoms with Crippen LogP contribution in [0.25, 0.3) is 0 Å². The van der Waals surface area contributed by atoms with Crippen molar-refractivity contribution in [3.05, 3.63) is 10.6 Å². The molecule has 1 amide bonds. The highest BCUT2D eigenvalue weighted by Crippen LogP contribution is 2.27. The summed E-state index contributed by atoms with van der Waals surface area (Å²) in [6, 6.07) is -0.644. The van der Waals surface area contributed by atoms with Crippen LogP contribution < -0.4 is 5.32 Å². The summed E-state index contributed by atoms with van der Waals surface area (Å²) >= 11 is 3.22. The number of carbonyl (C=O) groups is 1. The van der Waals surface area contributed by atoms with Crippen LogP contribution >= 0.6 is 15.9 Å². The summed E-state index contributed by atoms with van der Waals surface area (Å²) in [5.74, 6) is -0.263. The van der Waals surface area contributed by atoms with E-state index >= 15 is 0 Å². The lowest BCUT2D eigenvalue weighted by atomic mass is 9.93. The summed E-state index contributed by atoms with van der Waals surface area (Å²) in [4.78, 5) is 11.2. The molecule has 1 aliphatic rings. The number of nitrogens with one attached hydrogen (secondary N) is 1. The van der Waals surface area contributed by atoms with Gasteiger partial charge in [0, 0.05) is 11.4 Å². The SMILES string of the molecule is CCC(CC)OC1C=C(Br)C(O)C(O)C1NC(C)=O. The van der Waals surface area contributed by atoms with E-state index in [-0.39, 0.29) is 12.0 Å². The second kappa shape index (κ2) is 7.38. The first-order valence-electron chi connectivity index (χ1n) is 6.56. The van der Waals surface area contributed by atoms with E-state index < -0.39 is 24.4 Å². The molecule has 110 valence electrons. The number of ether oxygens (including phenoxy) is 1. The third-order valence-corrected chi connectivity index (χ3v) is 4.02. The second-order valence-corrected chi connectivity index (χ2v) is 5.67. The number of hydrogen-bond donors (Lipinski definition) is 3. The van der Waals surface area contributed by atoms with Gasteiger partial charge in [0.15, 0.2) is 0 Å². The fraction of sp³-hybridized carbons (Fsp3) is 0.769. The Hall–Kier alpha value is -0.430. The van der Waals surface area contributed by atoms with Gasteiger partial charge in [0.1, 0.15) is 12.2 Å². The summed E-state index contributed by atoms with van der Waals surface area (Å²) in [5, 5.41) is 22.5. The Labute approximate surface area is 122 Å². The topological polar surface area (TPSA) is 78.8 Å². The average molecular weight is 336 g/mol. The van der Waals surface area contributed by atoms with Crippen LogP contribution in [0.3, 0.4) is 0 Å². The quantitative estimate of drug-likeness (QED) is 0.702. The molecule has 3 N–H and O–H groups in total. The third-order valence-electron chi connectivity index (χ3n) is 3.28. The highest BCUT2D eigenvalue weighted by molar-refractivity contribution is 9.11. The number of halogens is 1. The standard InChI is InChI=1S/C13H22BrNO4/c1-4-8(5-2)19-10-6-9(14)12(17)13(18)11(10)15-7(3)16/h6,8,10-13,17-18H,4-5H2,1-3H3,(H,15,16). The molecule has 19 heavy (non-hydrogen) atoms. The van der Waals surface area contributed by atoms with Crippen molar-refractivity contribution in [1.29, 1.82) is 0 Å². The van der Waals surface area contributed by atoms with Crippen LogP contribution in [0, 0.1) is 0 Å². The summed E-state index contributed by atoms with van der Waals surface area (Å²) in [6.07, 6.45) is 0.868. The van der Waals surface area contributed by atoms with Crippen molar-refractivity contribution in [1.82, 2.24) is 5.32 Å². The molecular weight excluding hydrogens is 314 g/mol. The van der Waals surface area contributed by atoms with Gasteiger partial charge in [-0.2, -0.15) is 0 Å². The minimum atomic E-state index is -1.09. The Kier molecular flexibility index (Phi) is 6.46. The molecule has 6 heteroatoms. The number of amides is 1. The van der Waals surface area contributed by atoms with Crippen molar-refractivity contribution in [3.63, 3.8) is 0 Å². The minimum Gasteiger partial charge on any atom is -0.388 e. The van der Waals surface area contributed by atoms with E-state index in [1.165, 1.54) is 6.92 Å². The molecule has 0 saturated heterocycles. The van der Waals surface area contributed by atoms with E-state index in [4.69, 9.17) is 4.74 Å². The van der Waals surface area contributed by atoms with E-state index in [1.807, 2.05) is 13.8 Å². The third kappa shape index (κ3) is 4.27.